The van der Waals surface area contributed by atoms with Gasteiger partial charge in [0.15, 0.2) is 12.2 Å². The van der Waals surface area contributed by atoms with Gasteiger partial charge < -0.3 is 15.0 Å². The molecule has 0 spiro atoms. The number of ether oxygens (including phenoxy) is 1. The Labute approximate surface area is 242 Å². The third-order valence-corrected chi connectivity index (χ3v) is 9.65. The van der Waals surface area contributed by atoms with E-state index in [1.807, 2.05) is 35.9 Å². The molecule has 4 amide bonds. The Hall–Kier alpha value is -3.83. The van der Waals surface area contributed by atoms with Gasteiger partial charge in [-0.1, -0.05) is 30.0 Å². The minimum atomic E-state index is -0.594. The van der Waals surface area contributed by atoms with Crippen LogP contribution in [0.2, 0.25) is 0 Å². The van der Waals surface area contributed by atoms with E-state index < -0.39 is 6.04 Å². The molecule has 10 nitrogen and oxygen atoms in total. The van der Waals surface area contributed by atoms with Crippen LogP contribution in [0.4, 0.5) is 0 Å². The van der Waals surface area contributed by atoms with E-state index in [1.54, 1.807) is 21.6 Å². The fourth-order valence-corrected chi connectivity index (χ4v) is 7.23. The van der Waals surface area contributed by atoms with Crippen molar-refractivity contribution in [3.63, 3.8) is 0 Å². The lowest BCUT2D eigenvalue weighted by molar-refractivity contribution is -0.136. The zero-order valence-corrected chi connectivity index (χ0v) is 23.3. The van der Waals surface area contributed by atoms with Crippen LogP contribution in [-0.2, 0) is 22.7 Å². The number of nitrogens with one attached hydrogen (secondary N) is 2. The summed E-state index contributed by atoms with van der Waals surface area (Å²) in [4.78, 5) is 55.9. The Morgan fingerprint density at radius 2 is 1.76 bits per heavy atom. The number of amides is 4. The molecule has 2 aromatic rings. The molecule has 0 saturated carbocycles. The van der Waals surface area contributed by atoms with Crippen LogP contribution in [0.3, 0.4) is 0 Å². The minimum absolute atomic E-state index is 0.0215. The lowest BCUT2D eigenvalue weighted by Gasteiger charge is -2.34. The zero-order valence-electron chi connectivity index (χ0n) is 22.5. The Morgan fingerprint density at radius 3 is 2.54 bits per heavy atom. The lowest BCUT2D eigenvalue weighted by Crippen LogP contribution is -2.52. The highest BCUT2D eigenvalue weighted by Crippen LogP contribution is 2.35. The first-order valence-corrected chi connectivity index (χ1v) is 15.0. The molecule has 2 unspecified atom stereocenters. The maximum Gasteiger partial charge on any atom is 0.262 e. The number of likely N-dealkylation sites (tertiary alicyclic amines) is 1. The Bertz CT molecular complexity index is 1460. The van der Waals surface area contributed by atoms with Crippen LogP contribution in [-0.4, -0.2) is 69.7 Å². The van der Waals surface area contributed by atoms with E-state index in [-0.39, 0.29) is 42.3 Å². The van der Waals surface area contributed by atoms with Crippen molar-refractivity contribution < 1.29 is 23.9 Å². The molecular formula is C30H31N5O5S. The number of carbonyl (C=O) groups is 4. The predicted molar refractivity (Wildman–Crippen MR) is 152 cm³/mol. The largest absolute Gasteiger partial charge is 0.472 e. The normalized spacial score (nSPS) is 24.7. The summed E-state index contributed by atoms with van der Waals surface area (Å²) in [6.45, 7) is 3.27. The van der Waals surface area contributed by atoms with Crippen molar-refractivity contribution in [2.75, 3.05) is 19.8 Å². The summed E-state index contributed by atoms with van der Waals surface area (Å²) < 4.78 is 5.87. The van der Waals surface area contributed by atoms with Gasteiger partial charge in [-0.25, -0.2) is 0 Å². The molecule has 5 heterocycles. The van der Waals surface area contributed by atoms with Gasteiger partial charge in [-0.2, -0.15) is 0 Å². The van der Waals surface area contributed by atoms with Crippen LogP contribution >= 0.6 is 11.8 Å². The number of rotatable bonds is 5. The van der Waals surface area contributed by atoms with Gasteiger partial charge in [0.2, 0.25) is 11.8 Å². The third-order valence-electron chi connectivity index (χ3n) is 8.70. The summed E-state index contributed by atoms with van der Waals surface area (Å²) in [5.41, 5.74) is 4.39. The highest BCUT2D eigenvalue weighted by atomic mass is 32.2. The van der Waals surface area contributed by atoms with Crippen molar-refractivity contribution >= 4 is 35.4 Å². The lowest BCUT2D eigenvalue weighted by atomic mass is 9.87. The number of fused-ring (bicyclic) bond motifs is 2. The van der Waals surface area contributed by atoms with Crippen LogP contribution < -0.4 is 15.4 Å². The zero-order chi connectivity index (χ0) is 28.1. The van der Waals surface area contributed by atoms with E-state index >= 15 is 0 Å². The van der Waals surface area contributed by atoms with Gasteiger partial charge in [0, 0.05) is 31.3 Å². The van der Waals surface area contributed by atoms with E-state index in [2.05, 4.69) is 27.7 Å². The van der Waals surface area contributed by atoms with E-state index in [0.29, 0.717) is 35.8 Å². The summed E-state index contributed by atoms with van der Waals surface area (Å²) in [6.07, 6.45) is 4.47. The van der Waals surface area contributed by atoms with Crippen LogP contribution in [0.25, 0.3) is 0 Å². The second-order valence-electron chi connectivity index (χ2n) is 11.2. The number of benzene rings is 2. The number of piperidine rings is 2. The smallest absolute Gasteiger partial charge is 0.262 e. The van der Waals surface area contributed by atoms with Crippen molar-refractivity contribution in [3.05, 3.63) is 75.8 Å². The highest BCUT2D eigenvalue weighted by Gasteiger charge is 2.39. The topological polar surface area (TPSA) is 111 Å². The van der Waals surface area contributed by atoms with Crippen LogP contribution in [0, 0.1) is 0 Å². The number of carbonyl (C=O) groups excluding carboxylic acids is 4. The standard InChI is InChI=1S/C30H31N5O5S/c36-26-6-4-24(27(37)32-26)34-16-21-14-20(2-3-22(21)28(34)38)19-7-10-33(11-8-19)15-18-1-5-25-23(13-18)29(39)35(17-40-25)30-31-9-12-41-30/h1-3,5,9,12-14,19,24,30-31H,4,6-8,10-11,15-17H2,(H,32,36,37). The molecule has 2 saturated heterocycles. The number of hydrogen-bond donors (Lipinski definition) is 2. The minimum Gasteiger partial charge on any atom is -0.472 e. The molecular weight excluding hydrogens is 542 g/mol. The van der Waals surface area contributed by atoms with Crippen molar-refractivity contribution in [3.8, 4) is 5.75 Å². The fourth-order valence-electron chi connectivity index (χ4n) is 6.46. The maximum atomic E-state index is 13.2. The van der Waals surface area contributed by atoms with Gasteiger partial charge in [-0.15, -0.1) is 0 Å². The van der Waals surface area contributed by atoms with Crippen molar-refractivity contribution in [2.24, 2.45) is 0 Å². The summed E-state index contributed by atoms with van der Waals surface area (Å²) in [6, 6.07) is 11.4. The second kappa shape index (κ2) is 10.5. The molecule has 41 heavy (non-hydrogen) atoms. The molecule has 7 rings (SSSR count). The average molecular weight is 574 g/mol. The predicted octanol–water partition coefficient (Wildman–Crippen LogP) is 2.71. The number of thioether (sulfide) groups is 1. The van der Waals surface area contributed by atoms with Crippen molar-refractivity contribution in [1.82, 2.24) is 25.3 Å². The van der Waals surface area contributed by atoms with E-state index in [4.69, 9.17) is 4.74 Å². The Morgan fingerprint density at radius 1 is 0.927 bits per heavy atom. The molecule has 2 fully saturated rings. The summed E-state index contributed by atoms with van der Waals surface area (Å²) in [7, 11) is 0. The molecule has 0 aliphatic carbocycles. The number of nitrogens with zero attached hydrogens (tertiary/aromatic N) is 3. The molecule has 0 aromatic heterocycles. The molecule has 5 aliphatic rings. The van der Waals surface area contributed by atoms with E-state index in [0.717, 1.165) is 43.6 Å². The molecule has 212 valence electrons. The summed E-state index contributed by atoms with van der Waals surface area (Å²) in [5.74, 6) is 0.211. The van der Waals surface area contributed by atoms with E-state index in [1.165, 1.54) is 5.56 Å². The number of imide groups is 1. The summed E-state index contributed by atoms with van der Waals surface area (Å²) in [5, 5.41) is 7.47. The molecule has 11 heteroatoms. The number of hydrogen-bond acceptors (Lipinski definition) is 8. The first kappa shape index (κ1) is 26.1. The SMILES string of the molecule is O=C1CCC(N2Cc3cc(C4CCN(Cc5ccc6c(c5)C(=O)N(C5NC=CS5)CO6)CC4)ccc3C2=O)C(=O)N1. The maximum absolute atomic E-state index is 13.2. The quantitative estimate of drug-likeness (QED) is 0.526. The first-order chi connectivity index (χ1) is 19.9. The van der Waals surface area contributed by atoms with Gasteiger partial charge in [0.1, 0.15) is 11.8 Å². The van der Waals surface area contributed by atoms with Crippen LogP contribution in [0.5, 0.6) is 5.75 Å². The van der Waals surface area contributed by atoms with E-state index in [9.17, 15) is 19.2 Å². The van der Waals surface area contributed by atoms with Crippen LogP contribution in [0.15, 0.2) is 48.0 Å². The van der Waals surface area contributed by atoms with Gasteiger partial charge >= 0.3 is 0 Å². The van der Waals surface area contributed by atoms with Gasteiger partial charge in [-0.05, 0) is 78.6 Å². The molecule has 0 bridgehead atoms. The monoisotopic (exact) mass is 573 g/mol. The fraction of sp³-hybridized carbons (Fsp3) is 0.400. The molecule has 5 aliphatic heterocycles. The molecule has 2 aromatic carbocycles. The van der Waals surface area contributed by atoms with Crippen molar-refractivity contribution in [1.29, 1.82) is 0 Å². The van der Waals surface area contributed by atoms with Gasteiger partial charge in [0.25, 0.3) is 11.8 Å². The Kier molecular flexibility index (Phi) is 6.70. The van der Waals surface area contributed by atoms with Crippen LogP contribution in [0.1, 0.15) is 69.0 Å². The van der Waals surface area contributed by atoms with Crippen molar-refractivity contribution in [2.45, 2.75) is 56.2 Å². The molecule has 0 radical (unpaired) electrons. The highest BCUT2D eigenvalue weighted by molar-refractivity contribution is 8.02. The van der Waals surface area contributed by atoms with Gasteiger partial charge in [0.05, 0.1) is 5.56 Å². The molecule has 2 N–H and O–H groups in total. The first-order valence-electron chi connectivity index (χ1n) is 14.1. The average Bonchev–Trinajstić information content (AvgIpc) is 3.62. The Balaban J connectivity index is 0.972. The third kappa shape index (κ3) is 4.87. The second-order valence-corrected chi connectivity index (χ2v) is 12.2. The summed E-state index contributed by atoms with van der Waals surface area (Å²) >= 11 is 1.55. The molecule has 2 atom stereocenters. The van der Waals surface area contributed by atoms with Gasteiger partial charge in [-0.3, -0.25) is 34.3 Å².